The number of methoxy groups -OCH3 is 1. The molecule has 12 heteroatoms. The first-order chi connectivity index (χ1) is 17.2. The van der Waals surface area contributed by atoms with E-state index >= 15 is 0 Å². The Morgan fingerprint density at radius 3 is 2.61 bits per heavy atom. The Hall–Kier alpha value is -2.48. The highest BCUT2D eigenvalue weighted by Crippen LogP contribution is 2.38. The predicted molar refractivity (Wildman–Crippen MR) is 128 cm³/mol. The number of allylic oxidation sites excluding steroid dienone is 1. The maximum Gasteiger partial charge on any atom is 0.454 e. The van der Waals surface area contributed by atoms with E-state index in [1.807, 2.05) is 19.1 Å². The number of rotatable bonds is 8. The zero-order valence-electron chi connectivity index (χ0n) is 20.3. The monoisotopic (exact) mass is 506 g/mol. The lowest BCUT2D eigenvalue weighted by Gasteiger charge is -2.37. The fourth-order valence-electron chi connectivity index (χ4n) is 4.88. The third-order valence-electron chi connectivity index (χ3n) is 6.86. The van der Waals surface area contributed by atoms with Crippen LogP contribution in [0.4, 0.5) is 0 Å². The van der Waals surface area contributed by atoms with Gasteiger partial charge in [0.25, 0.3) is 6.23 Å². The second-order valence-corrected chi connectivity index (χ2v) is 9.37. The third kappa shape index (κ3) is 5.43. The molecule has 1 aromatic rings. The maximum atomic E-state index is 11.6. The van der Waals surface area contributed by atoms with Crippen molar-refractivity contribution in [2.24, 2.45) is 11.8 Å². The van der Waals surface area contributed by atoms with Gasteiger partial charge in [0, 0.05) is 18.1 Å². The summed E-state index contributed by atoms with van der Waals surface area (Å²) in [5.41, 5.74) is 1.67. The number of aliphatic hydroxyl groups is 3. The molecule has 196 valence electrons. The molecule has 36 heavy (non-hydrogen) atoms. The minimum atomic E-state index is -1.78. The Morgan fingerprint density at radius 1 is 1.19 bits per heavy atom. The first kappa shape index (κ1) is 26.6. The number of hydrogen-bond donors (Lipinski definition) is 5. The number of nitrogens with zero attached hydrogens (tertiary/aromatic N) is 1. The molecule has 0 radical (unpaired) electrons. The number of benzene rings is 1. The van der Waals surface area contributed by atoms with Crippen LogP contribution in [-0.2, 0) is 14.2 Å². The van der Waals surface area contributed by atoms with Gasteiger partial charge in [-0.1, -0.05) is 13.0 Å². The number of carbonyl (C=O) groups is 1. The molecule has 2 unspecified atom stereocenters. The van der Waals surface area contributed by atoms with E-state index in [-0.39, 0.29) is 11.8 Å². The van der Waals surface area contributed by atoms with Crippen molar-refractivity contribution in [1.29, 1.82) is 0 Å². The molecule has 3 heterocycles. The highest BCUT2D eigenvalue weighted by molar-refractivity contribution is 6.43. The van der Waals surface area contributed by atoms with Crippen molar-refractivity contribution in [1.82, 2.24) is 0 Å². The zero-order chi connectivity index (χ0) is 26.0. The molecule has 3 aliphatic heterocycles. The van der Waals surface area contributed by atoms with Gasteiger partial charge in [-0.15, -0.1) is 0 Å². The van der Waals surface area contributed by atoms with Crippen LogP contribution in [0.3, 0.4) is 0 Å². The molecule has 0 amide bonds. The van der Waals surface area contributed by atoms with Crippen LogP contribution in [-0.4, -0.2) is 100 Å². The normalized spacial score (nSPS) is 32.6. The number of aliphatic carboxylic acids is 1. The summed E-state index contributed by atoms with van der Waals surface area (Å²) in [7, 11) is 0.692. The van der Waals surface area contributed by atoms with Gasteiger partial charge in [0.1, 0.15) is 12.2 Å². The lowest BCUT2D eigenvalue weighted by atomic mass is 9.74. The molecule has 0 aliphatic carbocycles. The fourth-order valence-corrected chi connectivity index (χ4v) is 4.88. The second-order valence-electron chi connectivity index (χ2n) is 9.37. The molecule has 11 nitrogen and oxygen atoms in total. The molecule has 2 saturated heterocycles. The summed E-state index contributed by atoms with van der Waals surface area (Å²) >= 11 is 0. The van der Waals surface area contributed by atoms with Crippen LogP contribution >= 0.6 is 0 Å². The van der Waals surface area contributed by atoms with Crippen molar-refractivity contribution in [3.05, 3.63) is 30.0 Å². The third-order valence-corrected chi connectivity index (χ3v) is 6.86. The van der Waals surface area contributed by atoms with Crippen LogP contribution in [0.25, 0.3) is 5.57 Å². The van der Waals surface area contributed by atoms with E-state index in [1.54, 1.807) is 30.2 Å². The Labute approximate surface area is 209 Å². The maximum absolute atomic E-state index is 11.6. The number of carboxylic acid groups (broad SMARTS) is 1. The molecule has 4 rings (SSSR count). The summed E-state index contributed by atoms with van der Waals surface area (Å²) in [5, 5.41) is 50.5. The van der Waals surface area contributed by atoms with E-state index in [2.05, 4.69) is 0 Å². The first-order valence-electron chi connectivity index (χ1n) is 12.1. The highest BCUT2D eigenvalue weighted by Gasteiger charge is 2.52. The number of ether oxygens (including phenoxy) is 3. The van der Waals surface area contributed by atoms with Gasteiger partial charge in [-0.3, -0.25) is 0 Å². The lowest BCUT2D eigenvalue weighted by molar-refractivity contribution is -0.583. The standard InChI is InChI=1S/C24H32BNO10/c1-3-6-34-18-8-13(4-5-17(18)33-2)14-7-15(16-9-25(32)35-12-16)11-26(10-14)23-21(29)19(27)20(28)22(36-23)24(30)31/h4-5,8,10-11,15-16,19-23,27-29,32H,3,6-7,9,12H2,1-2H3/p+1/t15?,16-,19-,20-,21+,22-,23?/m0/s1. The van der Waals surface area contributed by atoms with Crippen LogP contribution in [0.5, 0.6) is 11.5 Å². The molecule has 3 aliphatic rings. The predicted octanol–water partition coefficient (Wildman–Crippen LogP) is -0.0528. The average molecular weight is 506 g/mol. The van der Waals surface area contributed by atoms with Gasteiger partial charge in [-0.2, -0.15) is 4.58 Å². The minimum Gasteiger partial charge on any atom is -0.493 e. The van der Waals surface area contributed by atoms with Crippen molar-refractivity contribution in [2.45, 2.75) is 56.7 Å². The molecule has 0 bridgehead atoms. The Morgan fingerprint density at radius 2 is 1.97 bits per heavy atom. The SMILES string of the molecule is CCCOc1cc(C2=C[N+](C3O[C@H](C(=O)O)[C@@H](O)[C@H](O)[C@H]3O)=CC([C@@H]3COB(O)C3)C2)ccc1OC. The number of hydrogen-bond acceptors (Lipinski definition) is 9. The molecule has 1 aromatic carbocycles. The molecule has 2 fully saturated rings. The van der Waals surface area contributed by atoms with E-state index in [0.29, 0.717) is 37.5 Å². The summed E-state index contributed by atoms with van der Waals surface area (Å²) in [4.78, 5) is 11.6. The Kier molecular flexibility index (Phi) is 8.33. The van der Waals surface area contributed by atoms with E-state index in [9.17, 15) is 30.2 Å². The zero-order valence-corrected chi connectivity index (χ0v) is 20.3. The Balaban J connectivity index is 1.72. The smallest absolute Gasteiger partial charge is 0.454 e. The molecule has 5 N–H and O–H groups in total. The van der Waals surface area contributed by atoms with Gasteiger partial charge in [0.15, 0.2) is 36.1 Å². The minimum absolute atomic E-state index is 0.0354. The van der Waals surface area contributed by atoms with Gasteiger partial charge in [0.05, 0.1) is 13.7 Å². The van der Waals surface area contributed by atoms with E-state index < -0.39 is 43.7 Å². The number of aliphatic hydroxyl groups excluding tert-OH is 3. The summed E-state index contributed by atoms with van der Waals surface area (Å²) < 4.78 is 23.8. The average Bonchev–Trinajstić information content (AvgIpc) is 3.31. The lowest BCUT2D eigenvalue weighted by Crippen LogP contribution is -2.62. The first-order valence-corrected chi connectivity index (χ1v) is 12.1. The quantitative estimate of drug-likeness (QED) is 0.239. The second kappa shape index (κ2) is 11.3. The van der Waals surface area contributed by atoms with Crippen molar-refractivity contribution >= 4 is 24.9 Å². The Bertz CT molecular complexity index is 1020. The van der Waals surface area contributed by atoms with Crippen LogP contribution in [0.2, 0.25) is 6.32 Å². The largest absolute Gasteiger partial charge is 0.493 e. The van der Waals surface area contributed by atoms with Gasteiger partial charge in [0.2, 0.25) is 0 Å². The highest BCUT2D eigenvalue weighted by atomic mass is 16.6. The summed E-state index contributed by atoms with van der Waals surface area (Å²) in [6.07, 6.45) is -2.72. The topological polar surface area (TPSA) is 158 Å². The molecular formula is C24H33BNO10+. The summed E-state index contributed by atoms with van der Waals surface area (Å²) in [5.74, 6) is -0.465. The fraction of sp³-hybridized carbons (Fsp3) is 0.583. The van der Waals surface area contributed by atoms with E-state index in [0.717, 1.165) is 17.6 Å². The van der Waals surface area contributed by atoms with Crippen LogP contribution in [0.15, 0.2) is 24.4 Å². The molecule has 0 saturated carbocycles. The molecule has 0 aromatic heterocycles. The molecular weight excluding hydrogens is 473 g/mol. The molecule has 0 spiro atoms. The van der Waals surface area contributed by atoms with Crippen LogP contribution < -0.4 is 9.47 Å². The van der Waals surface area contributed by atoms with Gasteiger partial charge >= 0.3 is 13.1 Å². The van der Waals surface area contributed by atoms with E-state index in [1.165, 1.54) is 0 Å². The number of carboxylic acids is 1. The van der Waals surface area contributed by atoms with Crippen molar-refractivity contribution in [3.8, 4) is 11.5 Å². The van der Waals surface area contributed by atoms with Crippen molar-refractivity contribution in [3.63, 3.8) is 0 Å². The molecule has 7 atom stereocenters. The van der Waals surface area contributed by atoms with Crippen LogP contribution in [0, 0.1) is 11.8 Å². The summed E-state index contributed by atoms with van der Waals surface area (Å²) in [6.45, 7) is 2.85. The van der Waals surface area contributed by atoms with Gasteiger partial charge < -0.3 is 44.3 Å². The summed E-state index contributed by atoms with van der Waals surface area (Å²) in [6, 6.07) is 5.53. The van der Waals surface area contributed by atoms with E-state index in [4.69, 9.17) is 18.9 Å². The van der Waals surface area contributed by atoms with Gasteiger partial charge in [-0.25, -0.2) is 4.79 Å². The van der Waals surface area contributed by atoms with Crippen molar-refractivity contribution in [2.75, 3.05) is 20.3 Å². The van der Waals surface area contributed by atoms with Crippen LogP contribution in [0.1, 0.15) is 25.3 Å². The van der Waals surface area contributed by atoms with Crippen molar-refractivity contribution < 1.29 is 53.7 Å². The van der Waals surface area contributed by atoms with Gasteiger partial charge in [-0.05, 0) is 42.8 Å².